The molecule has 0 radical (unpaired) electrons. The first kappa shape index (κ1) is 19.2. The summed E-state index contributed by atoms with van der Waals surface area (Å²) in [5.74, 6) is 0.499. The van der Waals surface area contributed by atoms with Gasteiger partial charge in [0, 0.05) is 12.7 Å². The van der Waals surface area contributed by atoms with Crippen molar-refractivity contribution < 1.29 is 4.74 Å². The summed E-state index contributed by atoms with van der Waals surface area (Å²) in [6.07, 6.45) is 4.97. The van der Waals surface area contributed by atoms with Gasteiger partial charge >= 0.3 is 0 Å². The van der Waals surface area contributed by atoms with Crippen LogP contribution in [-0.2, 0) is 11.3 Å². The first-order chi connectivity index (χ1) is 11.5. The van der Waals surface area contributed by atoms with Gasteiger partial charge in [-0.3, -0.25) is 4.79 Å². The minimum atomic E-state index is -0.297. The number of aromatic nitrogens is 2. The third-order valence-corrected chi connectivity index (χ3v) is 3.28. The maximum Gasteiger partial charge on any atom is 0.293 e. The highest BCUT2D eigenvalue weighted by Gasteiger charge is 2.11. The number of unbranched alkanes of at least 4 members (excludes halogenated alkanes) is 1. The Balaban J connectivity index is 3.12. The van der Waals surface area contributed by atoms with E-state index in [-0.39, 0.29) is 17.1 Å². The molecule has 1 N–H and O–H groups in total. The van der Waals surface area contributed by atoms with E-state index >= 15 is 0 Å². The van der Waals surface area contributed by atoms with Crippen LogP contribution < -0.4 is 10.9 Å². The van der Waals surface area contributed by atoms with Crippen LogP contribution in [0, 0.1) is 11.3 Å². The van der Waals surface area contributed by atoms with Crippen LogP contribution in [0.2, 0.25) is 0 Å². The summed E-state index contributed by atoms with van der Waals surface area (Å²) in [7, 11) is 1.52. The van der Waals surface area contributed by atoms with Crippen molar-refractivity contribution in [1.82, 2.24) is 9.55 Å². The Morgan fingerprint density at radius 1 is 1.62 bits per heavy atom. The number of aryl methyl sites for hydroxylation is 1. The second-order valence-corrected chi connectivity index (χ2v) is 5.07. The summed E-state index contributed by atoms with van der Waals surface area (Å²) in [6, 6.07) is 1.96. The molecular weight excluding hydrogens is 306 g/mol. The molecule has 0 amide bonds. The van der Waals surface area contributed by atoms with Gasteiger partial charge in [-0.25, -0.2) is 9.98 Å². The summed E-state index contributed by atoms with van der Waals surface area (Å²) >= 11 is 0. The predicted octanol–water partition coefficient (Wildman–Crippen LogP) is 2.81. The lowest BCUT2D eigenvalue weighted by atomic mass is 10.3. The molecule has 0 aliphatic carbocycles. The zero-order valence-electron chi connectivity index (χ0n) is 14.6. The van der Waals surface area contributed by atoms with Gasteiger partial charge in [0.1, 0.15) is 6.07 Å². The van der Waals surface area contributed by atoms with Gasteiger partial charge in [-0.05, 0) is 26.3 Å². The van der Waals surface area contributed by atoms with E-state index in [1.54, 1.807) is 19.9 Å². The fraction of sp³-hybridized carbons (Fsp3) is 0.412. The van der Waals surface area contributed by atoms with Crippen molar-refractivity contribution in [2.45, 2.75) is 40.2 Å². The number of methoxy groups -OCH3 is 1. The number of ether oxygens (including phenoxy) is 1. The zero-order chi connectivity index (χ0) is 18.1. The molecule has 7 heteroatoms. The first-order valence-corrected chi connectivity index (χ1v) is 7.70. The second kappa shape index (κ2) is 9.30. The molecule has 0 saturated heterocycles. The lowest BCUT2D eigenvalue weighted by Crippen LogP contribution is -2.26. The fourth-order valence-corrected chi connectivity index (χ4v) is 1.86. The summed E-state index contributed by atoms with van der Waals surface area (Å²) in [6.45, 7) is 9.97. The summed E-state index contributed by atoms with van der Waals surface area (Å²) < 4.78 is 6.56. The minimum absolute atomic E-state index is 0.0594. The average molecular weight is 329 g/mol. The lowest BCUT2D eigenvalue weighted by Gasteiger charge is -2.11. The molecule has 128 valence electrons. The second-order valence-electron chi connectivity index (χ2n) is 5.07. The van der Waals surface area contributed by atoms with Crippen molar-refractivity contribution in [3.63, 3.8) is 0 Å². The number of nitrogens with one attached hydrogen (secondary N) is 1. The quantitative estimate of drug-likeness (QED) is 0.585. The summed E-state index contributed by atoms with van der Waals surface area (Å²) in [4.78, 5) is 20.7. The molecule has 0 aromatic carbocycles. The number of hydrogen-bond donors (Lipinski definition) is 1. The first-order valence-electron chi connectivity index (χ1n) is 7.70. The summed E-state index contributed by atoms with van der Waals surface area (Å²) in [5.41, 5.74) is 0.831. The van der Waals surface area contributed by atoms with Gasteiger partial charge < -0.3 is 14.6 Å². The number of hydrogen-bond acceptors (Lipinski definition) is 6. The maximum atomic E-state index is 12.4. The normalized spacial score (nSPS) is 11.8. The molecule has 0 aliphatic heterocycles. The van der Waals surface area contributed by atoms with Gasteiger partial charge in [0.05, 0.1) is 18.5 Å². The zero-order valence-corrected chi connectivity index (χ0v) is 14.6. The van der Waals surface area contributed by atoms with Crippen LogP contribution in [0.15, 0.2) is 40.2 Å². The van der Waals surface area contributed by atoms with Crippen LogP contribution in [0.5, 0.6) is 0 Å². The van der Waals surface area contributed by atoms with E-state index in [1.165, 1.54) is 17.9 Å². The van der Waals surface area contributed by atoms with Gasteiger partial charge in [-0.15, -0.1) is 0 Å². The molecule has 0 fully saturated rings. The molecule has 7 nitrogen and oxygen atoms in total. The number of nitrogens with zero attached hydrogens (tertiary/aromatic N) is 4. The molecule has 0 spiro atoms. The van der Waals surface area contributed by atoms with E-state index in [4.69, 9.17) is 10.00 Å². The van der Waals surface area contributed by atoms with Crippen molar-refractivity contribution in [3.05, 3.63) is 46.5 Å². The molecule has 24 heavy (non-hydrogen) atoms. The summed E-state index contributed by atoms with van der Waals surface area (Å²) in [5, 5.41) is 12.0. The molecule has 1 aromatic heterocycles. The Bertz CT molecular complexity index is 753. The molecule has 0 aliphatic rings. The fourth-order valence-electron chi connectivity index (χ4n) is 1.86. The van der Waals surface area contributed by atoms with Gasteiger partial charge in [0.15, 0.2) is 11.5 Å². The van der Waals surface area contributed by atoms with Crippen LogP contribution in [0.4, 0.5) is 5.82 Å². The van der Waals surface area contributed by atoms with Crippen LogP contribution in [0.3, 0.4) is 0 Å². The highest BCUT2D eigenvalue weighted by Crippen LogP contribution is 2.07. The highest BCUT2D eigenvalue weighted by molar-refractivity contribution is 6.00. The molecule has 0 bridgehead atoms. The van der Waals surface area contributed by atoms with Crippen LogP contribution in [-0.4, -0.2) is 22.4 Å². The molecule has 0 saturated carbocycles. The molecule has 1 rings (SSSR count). The van der Waals surface area contributed by atoms with E-state index in [0.717, 1.165) is 12.8 Å². The van der Waals surface area contributed by atoms with Gasteiger partial charge in [0.2, 0.25) is 5.88 Å². The van der Waals surface area contributed by atoms with Crippen molar-refractivity contribution in [2.24, 2.45) is 4.99 Å². The maximum absolute atomic E-state index is 12.4. The predicted molar refractivity (Wildman–Crippen MR) is 94.8 cm³/mol. The Morgan fingerprint density at radius 2 is 2.33 bits per heavy atom. The van der Waals surface area contributed by atoms with Crippen molar-refractivity contribution in [1.29, 1.82) is 5.26 Å². The van der Waals surface area contributed by atoms with Gasteiger partial charge in [-0.2, -0.15) is 5.26 Å². The number of anilines is 1. The Kier molecular flexibility index (Phi) is 7.43. The minimum Gasteiger partial charge on any atom is -0.481 e. The third-order valence-electron chi connectivity index (χ3n) is 3.28. The van der Waals surface area contributed by atoms with E-state index in [0.29, 0.717) is 23.8 Å². The van der Waals surface area contributed by atoms with Crippen molar-refractivity contribution in [3.8, 4) is 6.07 Å². The molecule has 1 aromatic rings. The largest absolute Gasteiger partial charge is 0.481 e. The van der Waals surface area contributed by atoms with Crippen LogP contribution in [0.25, 0.3) is 0 Å². The smallest absolute Gasteiger partial charge is 0.293 e. The Labute approximate surface area is 142 Å². The number of allylic oxidation sites excluding steroid dienone is 2. The highest BCUT2D eigenvalue weighted by atomic mass is 16.5. The van der Waals surface area contributed by atoms with E-state index in [9.17, 15) is 4.79 Å². The van der Waals surface area contributed by atoms with Crippen molar-refractivity contribution in [2.75, 3.05) is 12.4 Å². The number of nitriles is 1. The number of aliphatic imine (C=N–C) groups is 1. The van der Waals surface area contributed by atoms with Gasteiger partial charge in [-0.1, -0.05) is 19.9 Å². The standard InChI is InChI=1S/C17H23N5O2/c1-6-8-9-22-11-14(10-18)21-16(17(22)23)20-13(4)12(3)19-15(7-2)24-5/h7,11H,4,6,8-9H2,1-3,5H3,(H,20,21)/b15-7-,19-12-. The Morgan fingerprint density at radius 3 is 2.88 bits per heavy atom. The average Bonchev–Trinajstić information content (AvgIpc) is 2.59. The Hall–Kier alpha value is -2.88. The SMILES string of the molecule is C=C(Nc1nc(C#N)cn(CCCC)c1=O)/C(C)=N\C(=C\C)OC. The molecular formula is C17H23N5O2. The molecule has 1 heterocycles. The third kappa shape index (κ3) is 5.09. The molecule has 0 unspecified atom stereocenters. The van der Waals surface area contributed by atoms with E-state index < -0.39 is 0 Å². The molecule has 0 atom stereocenters. The van der Waals surface area contributed by atoms with E-state index in [1.807, 2.05) is 13.0 Å². The van der Waals surface area contributed by atoms with Crippen LogP contribution in [0.1, 0.15) is 39.3 Å². The van der Waals surface area contributed by atoms with Crippen LogP contribution >= 0.6 is 0 Å². The topological polar surface area (TPSA) is 92.3 Å². The van der Waals surface area contributed by atoms with Crippen molar-refractivity contribution >= 4 is 11.5 Å². The monoisotopic (exact) mass is 329 g/mol. The van der Waals surface area contributed by atoms with Gasteiger partial charge in [0.25, 0.3) is 5.56 Å². The lowest BCUT2D eigenvalue weighted by molar-refractivity contribution is 0.288. The number of rotatable bonds is 8. The van der Waals surface area contributed by atoms with E-state index in [2.05, 4.69) is 21.9 Å².